The molecule has 0 aliphatic carbocycles. The maximum absolute atomic E-state index is 9.86. The second-order valence-electron chi connectivity index (χ2n) is 9.64. The lowest BCUT2D eigenvalue weighted by molar-refractivity contribution is 0.246. The lowest BCUT2D eigenvalue weighted by atomic mass is 10.1. The first-order valence-electron chi connectivity index (χ1n) is 13.5. The Hall–Kier alpha value is -3.28. The van der Waals surface area contributed by atoms with Gasteiger partial charge in [0.25, 0.3) is 0 Å². The number of hydrogen-bond acceptors (Lipinski definition) is 4. The van der Waals surface area contributed by atoms with Gasteiger partial charge in [-0.05, 0) is 49.2 Å². The number of phenols is 1. The summed E-state index contributed by atoms with van der Waals surface area (Å²) in [7, 11) is 1.71. The number of rotatable bonds is 13. The molecule has 0 unspecified atom stereocenters. The third-order valence-electron chi connectivity index (χ3n) is 6.83. The van der Waals surface area contributed by atoms with Crippen molar-refractivity contribution >= 4 is 11.6 Å². The highest BCUT2D eigenvalue weighted by atomic mass is 35.5. The van der Waals surface area contributed by atoms with Crippen molar-refractivity contribution in [1.29, 1.82) is 0 Å². The van der Waals surface area contributed by atoms with Crippen molar-refractivity contribution in [2.24, 2.45) is 0 Å². The van der Waals surface area contributed by atoms with Gasteiger partial charge in [0.15, 0.2) is 0 Å². The molecule has 3 aromatic carbocycles. The summed E-state index contributed by atoms with van der Waals surface area (Å²) in [4.78, 5) is 7.72. The first kappa shape index (κ1) is 27.7. The van der Waals surface area contributed by atoms with Crippen molar-refractivity contribution in [2.75, 3.05) is 13.7 Å². The van der Waals surface area contributed by atoms with Crippen LogP contribution in [0, 0.1) is 0 Å². The van der Waals surface area contributed by atoms with Gasteiger partial charge in [0.1, 0.15) is 17.3 Å². The Morgan fingerprint density at radius 1 is 0.921 bits per heavy atom. The average Bonchev–Trinajstić information content (AvgIpc) is 3.29. The van der Waals surface area contributed by atoms with Gasteiger partial charge in [0.2, 0.25) is 0 Å². The van der Waals surface area contributed by atoms with Gasteiger partial charge in [0.05, 0.1) is 24.1 Å². The SMILES string of the molecule is CCCCN(Cc1ccc(O)cc1Cl)Cc1c(-c2ccccc2)nc(-c2ccccc2OC)n1CCCC. The summed E-state index contributed by atoms with van der Waals surface area (Å²) in [5.74, 6) is 1.94. The fourth-order valence-electron chi connectivity index (χ4n) is 4.78. The second-order valence-corrected chi connectivity index (χ2v) is 10.0. The van der Waals surface area contributed by atoms with Crippen LogP contribution in [0.2, 0.25) is 5.02 Å². The number of ether oxygens (including phenoxy) is 1. The molecule has 0 fully saturated rings. The first-order valence-corrected chi connectivity index (χ1v) is 13.9. The summed E-state index contributed by atoms with van der Waals surface area (Å²) < 4.78 is 8.14. The van der Waals surface area contributed by atoms with E-state index in [-0.39, 0.29) is 5.75 Å². The third-order valence-corrected chi connectivity index (χ3v) is 7.19. The van der Waals surface area contributed by atoms with Crippen LogP contribution in [0.5, 0.6) is 11.5 Å². The number of benzene rings is 3. The Morgan fingerprint density at radius 3 is 2.37 bits per heavy atom. The molecule has 1 N–H and O–H groups in total. The van der Waals surface area contributed by atoms with Crippen molar-refractivity contribution in [3.63, 3.8) is 0 Å². The fraction of sp³-hybridized carbons (Fsp3) is 0.344. The van der Waals surface area contributed by atoms with Crippen LogP contribution in [-0.4, -0.2) is 33.2 Å². The zero-order valence-corrected chi connectivity index (χ0v) is 23.4. The van der Waals surface area contributed by atoms with E-state index in [0.29, 0.717) is 11.6 Å². The van der Waals surface area contributed by atoms with Crippen molar-refractivity contribution in [1.82, 2.24) is 14.5 Å². The molecule has 4 aromatic rings. The molecule has 0 radical (unpaired) electrons. The predicted molar refractivity (Wildman–Crippen MR) is 157 cm³/mol. The molecule has 0 aliphatic heterocycles. The Labute approximate surface area is 231 Å². The largest absolute Gasteiger partial charge is 0.508 e. The Bertz CT molecular complexity index is 1320. The number of aromatic hydroxyl groups is 1. The van der Waals surface area contributed by atoms with Gasteiger partial charge in [-0.15, -0.1) is 0 Å². The Kier molecular flexibility index (Phi) is 9.85. The Balaban J connectivity index is 1.84. The van der Waals surface area contributed by atoms with Gasteiger partial charge >= 0.3 is 0 Å². The van der Waals surface area contributed by atoms with E-state index in [1.807, 2.05) is 30.3 Å². The number of imidazole rings is 1. The van der Waals surface area contributed by atoms with Crippen LogP contribution in [0.25, 0.3) is 22.6 Å². The van der Waals surface area contributed by atoms with E-state index in [1.165, 1.54) is 5.69 Å². The average molecular weight is 532 g/mol. The second kappa shape index (κ2) is 13.5. The molecule has 200 valence electrons. The molecule has 0 amide bonds. The van der Waals surface area contributed by atoms with E-state index >= 15 is 0 Å². The molecule has 0 spiro atoms. The fourth-order valence-corrected chi connectivity index (χ4v) is 5.01. The molecule has 1 aromatic heterocycles. The normalized spacial score (nSPS) is 11.3. The lowest BCUT2D eigenvalue weighted by Crippen LogP contribution is -2.26. The van der Waals surface area contributed by atoms with Crippen molar-refractivity contribution in [2.45, 2.75) is 59.2 Å². The molecule has 0 atom stereocenters. The molecule has 0 saturated heterocycles. The van der Waals surface area contributed by atoms with Crippen LogP contribution in [0.1, 0.15) is 50.8 Å². The molecule has 1 heterocycles. The molecule has 0 saturated carbocycles. The van der Waals surface area contributed by atoms with Crippen molar-refractivity contribution < 1.29 is 9.84 Å². The molecule has 4 rings (SSSR count). The number of phenolic OH excluding ortho intramolecular Hbond substituents is 1. The lowest BCUT2D eigenvalue weighted by Gasteiger charge is -2.25. The predicted octanol–water partition coefficient (Wildman–Crippen LogP) is 8.19. The van der Waals surface area contributed by atoms with E-state index in [4.69, 9.17) is 21.3 Å². The van der Waals surface area contributed by atoms with E-state index < -0.39 is 0 Å². The quantitative estimate of drug-likeness (QED) is 0.189. The van der Waals surface area contributed by atoms with E-state index in [1.54, 1.807) is 19.2 Å². The number of unbranched alkanes of at least 4 members (excludes halogenated alkanes) is 2. The molecule has 0 aliphatic rings. The van der Waals surface area contributed by atoms with Crippen LogP contribution >= 0.6 is 11.6 Å². The number of halogens is 1. The standard InChI is InChI=1S/C32H38ClN3O2/c1-4-6-19-35(22-25-17-18-26(37)21-28(25)33)23-29-31(24-13-9-8-10-14-24)34-32(36(29)20-7-5-2)27-15-11-12-16-30(27)38-3/h8-18,21,37H,4-7,19-20,22-23H2,1-3H3. The zero-order chi connectivity index (χ0) is 26.9. The minimum Gasteiger partial charge on any atom is -0.508 e. The van der Waals surface area contributed by atoms with Crippen LogP contribution in [0.3, 0.4) is 0 Å². The van der Waals surface area contributed by atoms with Gasteiger partial charge in [-0.3, -0.25) is 4.90 Å². The van der Waals surface area contributed by atoms with Crippen LogP contribution in [0.15, 0.2) is 72.8 Å². The van der Waals surface area contributed by atoms with Gasteiger partial charge in [-0.2, -0.15) is 0 Å². The summed E-state index contributed by atoms with van der Waals surface area (Å²) in [6.07, 6.45) is 4.33. The van der Waals surface area contributed by atoms with Crippen molar-refractivity contribution in [3.8, 4) is 34.1 Å². The molecule has 0 bridgehead atoms. The molecular weight excluding hydrogens is 494 g/mol. The number of nitrogens with zero attached hydrogens (tertiary/aromatic N) is 3. The van der Waals surface area contributed by atoms with E-state index in [9.17, 15) is 5.11 Å². The monoisotopic (exact) mass is 531 g/mol. The Morgan fingerprint density at radius 2 is 1.66 bits per heavy atom. The summed E-state index contributed by atoms with van der Waals surface area (Å²) in [5, 5.41) is 10.5. The number of aromatic nitrogens is 2. The summed E-state index contributed by atoms with van der Waals surface area (Å²) in [6, 6.07) is 23.8. The van der Waals surface area contributed by atoms with Gasteiger partial charge in [-0.1, -0.05) is 86.8 Å². The summed E-state index contributed by atoms with van der Waals surface area (Å²) >= 11 is 6.54. The number of para-hydroxylation sites is 1. The zero-order valence-electron chi connectivity index (χ0n) is 22.7. The topological polar surface area (TPSA) is 50.5 Å². The highest BCUT2D eigenvalue weighted by molar-refractivity contribution is 6.31. The van der Waals surface area contributed by atoms with Gasteiger partial charge < -0.3 is 14.4 Å². The molecule has 5 nitrogen and oxygen atoms in total. The summed E-state index contributed by atoms with van der Waals surface area (Å²) in [5.41, 5.74) is 5.30. The number of methoxy groups -OCH3 is 1. The summed E-state index contributed by atoms with van der Waals surface area (Å²) in [6.45, 7) is 7.67. The van der Waals surface area contributed by atoms with E-state index in [2.05, 4.69) is 53.6 Å². The number of hydrogen-bond donors (Lipinski definition) is 1. The van der Waals surface area contributed by atoms with Crippen molar-refractivity contribution in [3.05, 3.63) is 89.1 Å². The minimum absolute atomic E-state index is 0.185. The van der Waals surface area contributed by atoms with Crippen LogP contribution in [0.4, 0.5) is 0 Å². The van der Waals surface area contributed by atoms with Crippen LogP contribution in [-0.2, 0) is 19.6 Å². The smallest absolute Gasteiger partial charge is 0.144 e. The maximum Gasteiger partial charge on any atom is 0.144 e. The third kappa shape index (κ3) is 6.58. The molecule has 38 heavy (non-hydrogen) atoms. The van der Waals surface area contributed by atoms with Crippen LogP contribution < -0.4 is 4.74 Å². The first-order chi connectivity index (χ1) is 18.5. The molecular formula is C32H38ClN3O2. The van der Waals surface area contributed by atoms with Gasteiger partial charge in [-0.25, -0.2) is 4.98 Å². The highest BCUT2D eigenvalue weighted by Crippen LogP contribution is 2.35. The maximum atomic E-state index is 9.86. The highest BCUT2D eigenvalue weighted by Gasteiger charge is 2.23. The minimum atomic E-state index is 0.185. The van der Waals surface area contributed by atoms with Gasteiger partial charge in [0, 0.05) is 30.2 Å². The van der Waals surface area contributed by atoms with E-state index in [0.717, 1.165) is 79.3 Å². The molecule has 6 heteroatoms.